The van der Waals surface area contributed by atoms with Crippen LogP contribution in [-0.4, -0.2) is 25.0 Å². The van der Waals surface area contributed by atoms with Gasteiger partial charge in [0.15, 0.2) is 0 Å². The first-order valence-corrected chi connectivity index (χ1v) is 7.96. The number of hydrogen-bond donors (Lipinski definition) is 2. The molecule has 1 aliphatic heterocycles. The molecule has 5 heteroatoms. The fourth-order valence-corrected chi connectivity index (χ4v) is 3.97. The van der Waals surface area contributed by atoms with Crippen molar-refractivity contribution in [3.8, 4) is 0 Å². The molecule has 18 heavy (non-hydrogen) atoms. The molecular formula is C13H19NO3S. The van der Waals surface area contributed by atoms with Crippen LogP contribution in [0.25, 0.3) is 0 Å². The number of benzene rings is 1. The van der Waals surface area contributed by atoms with Crippen molar-refractivity contribution in [1.82, 2.24) is 0 Å². The van der Waals surface area contributed by atoms with Gasteiger partial charge >= 0.3 is 0 Å². The Morgan fingerprint density at radius 2 is 1.94 bits per heavy atom. The van der Waals surface area contributed by atoms with Gasteiger partial charge < -0.3 is 10.8 Å². The van der Waals surface area contributed by atoms with Crippen molar-refractivity contribution >= 4 is 15.5 Å². The quantitative estimate of drug-likeness (QED) is 0.796. The summed E-state index contributed by atoms with van der Waals surface area (Å²) in [5, 5.41) is 10.3. The highest BCUT2D eigenvalue weighted by Crippen LogP contribution is 2.34. The highest BCUT2D eigenvalue weighted by Gasteiger charge is 2.30. The molecule has 1 aromatic rings. The lowest BCUT2D eigenvalue weighted by atomic mass is 9.89. The first-order chi connectivity index (χ1) is 8.41. The molecule has 0 amide bonds. The van der Waals surface area contributed by atoms with E-state index >= 15 is 0 Å². The molecule has 0 bridgehead atoms. The molecule has 1 atom stereocenters. The lowest BCUT2D eigenvalue weighted by Crippen LogP contribution is -2.27. The summed E-state index contributed by atoms with van der Waals surface area (Å²) in [6.07, 6.45) is 0.355. The van der Waals surface area contributed by atoms with Gasteiger partial charge in [0.05, 0.1) is 17.6 Å². The summed E-state index contributed by atoms with van der Waals surface area (Å²) >= 11 is 0. The zero-order valence-corrected chi connectivity index (χ0v) is 11.3. The monoisotopic (exact) mass is 269 g/mol. The Labute approximate surface area is 108 Å². The van der Waals surface area contributed by atoms with E-state index in [1.807, 2.05) is 25.1 Å². The third kappa shape index (κ3) is 2.67. The van der Waals surface area contributed by atoms with Crippen LogP contribution < -0.4 is 5.73 Å². The van der Waals surface area contributed by atoms with Crippen LogP contribution in [0.1, 0.15) is 30.1 Å². The van der Waals surface area contributed by atoms with Crippen molar-refractivity contribution in [3.63, 3.8) is 0 Å². The lowest BCUT2D eigenvalue weighted by molar-refractivity contribution is 0.103. The van der Waals surface area contributed by atoms with Crippen molar-refractivity contribution < 1.29 is 13.5 Å². The molecule has 0 aliphatic carbocycles. The maximum atomic E-state index is 11.4. The number of nitrogen functional groups attached to an aromatic ring is 1. The Bertz CT molecular complexity index is 525. The van der Waals surface area contributed by atoms with Crippen molar-refractivity contribution in [1.29, 1.82) is 0 Å². The second-order valence-electron chi connectivity index (χ2n) is 5.01. The fraction of sp³-hybridized carbons (Fsp3) is 0.538. The van der Waals surface area contributed by atoms with Gasteiger partial charge in [-0.25, -0.2) is 8.42 Å². The minimum Gasteiger partial charge on any atom is -0.398 e. The van der Waals surface area contributed by atoms with E-state index < -0.39 is 15.9 Å². The van der Waals surface area contributed by atoms with E-state index in [-0.39, 0.29) is 17.4 Å². The van der Waals surface area contributed by atoms with Gasteiger partial charge in [-0.2, -0.15) is 0 Å². The molecule has 0 saturated carbocycles. The van der Waals surface area contributed by atoms with Crippen LogP contribution >= 0.6 is 0 Å². The Morgan fingerprint density at radius 1 is 1.33 bits per heavy atom. The number of nitrogens with two attached hydrogens (primary N) is 1. The number of sulfone groups is 1. The molecule has 0 aromatic heterocycles. The van der Waals surface area contributed by atoms with Gasteiger partial charge in [-0.1, -0.05) is 18.2 Å². The van der Waals surface area contributed by atoms with Crippen LogP contribution in [0.5, 0.6) is 0 Å². The molecule has 1 saturated heterocycles. The zero-order valence-electron chi connectivity index (χ0n) is 10.5. The Kier molecular flexibility index (Phi) is 3.64. The fourth-order valence-electron chi connectivity index (χ4n) is 2.44. The molecule has 1 aromatic carbocycles. The van der Waals surface area contributed by atoms with E-state index in [1.54, 1.807) is 0 Å². The average molecular weight is 269 g/mol. The van der Waals surface area contributed by atoms with E-state index in [1.165, 1.54) is 0 Å². The molecule has 1 heterocycles. The number of anilines is 1. The Balaban J connectivity index is 2.17. The highest BCUT2D eigenvalue weighted by atomic mass is 32.2. The number of rotatable bonds is 2. The molecule has 0 radical (unpaired) electrons. The van der Waals surface area contributed by atoms with Crippen molar-refractivity contribution in [3.05, 3.63) is 29.3 Å². The van der Waals surface area contributed by atoms with E-state index in [4.69, 9.17) is 5.73 Å². The summed E-state index contributed by atoms with van der Waals surface area (Å²) in [4.78, 5) is 0. The standard InChI is InChI=1S/C13H19NO3S/c1-9-3-2-4-11(12(9)14)13(15)10-5-7-18(16,17)8-6-10/h2-4,10,13,15H,5-8,14H2,1H3. The van der Waals surface area contributed by atoms with Crippen molar-refractivity contribution in [2.75, 3.05) is 17.2 Å². The summed E-state index contributed by atoms with van der Waals surface area (Å²) in [5.41, 5.74) is 8.24. The molecule has 4 nitrogen and oxygen atoms in total. The smallest absolute Gasteiger partial charge is 0.150 e. The first-order valence-electron chi connectivity index (χ1n) is 6.14. The molecule has 1 fully saturated rings. The summed E-state index contributed by atoms with van der Waals surface area (Å²) < 4.78 is 22.7. The van der Waals surface area contributed by atoms with E-state index in [0.29, 0.717) is 18.5 Å². The van der Waals surface area contributed by atoms with Crippen LogP contribution in [0.3, 0.4) is 0 Å². The summed E-state index contributed by atoms with van der Waals surface area (Å²) in [7, 11) is -2.89. The second kappa shape index (κ2) is 4.90. The lowest BCUT2D eigenvalue weighted by Gasteiger charge is -2.27. The SMILES string of the molecule is Cc1cccc(C(O)C2CCS(=O)(=O)CC2)c1N. The average Bonchev–Trinajstić information content (AvgIpc) is 2.32. The summed E-state index contributed by atoms with van der Waals surface area (Å²) in [6, 6.07) is 5.58. The number of hydrogen-bond acceptors (Lipinski definition) is 4. The van der Waals surface area contributed by atoms with E-state index in [2.05, 4.69) is 0 Å². The topological polar surface area (TPSA) is 80.4 Å². The number of aliphatic hydroxyl groups excluding tert-OH is 1. The first kappa shape index (κ1) is 13.4. The van der Waals surface area contributed by atoms with Gasteiger partial charge in [0, 0.05) is 11.3 Å². The molecule has 2 rings (SSSR count). The van der Waals surface area contributed by atoms with Crippen LogP contribution in [0.2, 0.25) is 0 Å². The van der Waals surface area contributed by atoms with Crippen LogP contribution in [0, 0.1) is 12.8 Å². The minimum absolute atomic E-state index is 0.0161. The molecule has 0 spiro atoms. The van der Waals surface area contributed by atoms with Gasteiger partial charge in [0.2, 0.25) is 0 Å². The molecular weight excluding hydrogens is 250 g/mol. The minimum atomic E-state index is -2.89. The zero-order chi connectivity index (χ0) is 13.3. The Hall–Kier alpha value is -1.07. The third-order valence-electron chi connectivity index (χ3n) is 3.72. The predicted molar refractivity (Wildman–Crippen MR) is 71.9 cm³/mol. The summed E-state index contributed by atoms with van der Waals surface area (Å²) in [5.74, 6) is 0.318. The van der Waals surface area contributed by atoms with Crippen LogP contribution in [-0.2, 0) is 9.84 Å². The van der Waals surface area contributed by atoms with Gasteiger partial charge in [-0.3, -0.25) is 0 Å². The second-order valence-corrected chi connectivity index (χ2v) is 7.32. The van der Waals surface area contributed by atoms with Crippen molar-refractivity contribution in [2.24, 2.45) is 5.92 Å². The molecule has 3 N–H and O–H groups in total. The maximum absolute atomic E-state index is 11.4. The van der Waals surface area contributed by atoms with Gasteiger partial charge in [0.25, 0.3) is 0 Å². The Morgan fingerprint density at radius 3 is 2.56 bits per heavy atom. The largest absolute Gasteiger partial charge is 0.398 e. The van der Waals surface area contributed by atoms with Gasteiger partial charge in [-0.15, -0.1) is 0 Å². The number of aliphatic hydroxyl groups is 1. The molecule has 100 valence electrons. The number of aryl methyl sites for hydroxylation is 1. The molecule has 1 aliphatic rings. The van der Waals surface area contributed by atoms with E-state index in [9.17, 15) is 13.5 Å². The molecule has 1 unspecified atom stereocenters. The highest BCUT2D eigenvalue weighted by molar-refractivity contribution is 7.91. The van der Waals surface area contributed by atoms with Gasteiger partial charge in [0.1, 0.15) is 9.84 Å². The summed E-state index contributed by atoms with van der Waals surface area (Å²) in [6.45, 7) is 1.90. The van der Waals surface area contributed by atoms with Gasteiger partial charge in [-0.05, 0) is 31.2 Å². The predicted octanol–water partition coefficient (Wildman–Crippen LogP) is 1.44. The maximum Gasteiger partial charge on any atom is 0.150 e. The van der Waals surface area contributed by atoms with Crippen LogP contribution in [0.15, 0.2) is 18.2 Å². The van der Waals surface area contributed by atoms with E-state index in [0.717, 1.165) is 11.1 Å². The number of para-hydroxylation sites is 1. The normalized spacial score (nSPS) is 21.7. The van der Waals surface area contributed by atoms with Crippen molar-refractivity contribution in [2.45, 2.75) is 25.9 Å². The van der Waals surface area contributed by atoms with Crippen LogP contribution in [0.4, 0.5) is 5.69 Å². The third-order valence-corrected chi connectivity index (χ3v) is 5.44.